The molecule has 1 aromatic carbocycles. The summed E-state index contributed by atoms with van der Waals surface area (Å²) in [6, 6.07) is 8.53. The SMILES string of the molecule is Cc1ccccc1N1CC=CC1. The van der Waals surface area contributed by atoms with Gasteiger partial charge in [-0.2, -0.15) is 0 Å². The minimum atomic E-state index is 1.06. The fourth-order valence-electron chi connectivity index (χ4n) is 1.59. The predicted octanol–water partition coefficient (Wildman–Crippen LogP) is 2.37. The summed E-state index contributed by atoms with van der Waals surface area (Å²) in [5, 5.41) is 0. The van der Waals surface area contributed by atoms with E-state index in [4.69, 9.17) is 0 Å². The average molecular weight is 159 g/mol. The highest BCUT2D eigenvalue weighted by Gasteiger charge is 2.08. The standard InChI is InChI=1S/C11H13N/c1-10-6-2-3-7-11(10)12-8-4-5-9-12/h2-7H,8-9H2,1H3. The van der Waals surface area contributed by atoms with Crippen molar-refractivity contribution < 1.29 is 0 Å². The summed E-state index contributed by atoms with van der Waals surface area (Å²) >= 11 is 0. The molecule has 0 amide bonds. The molecular weight excluding hydrogens is 146 g/mol. The first-order chi connectivity index (χ1) is 5.88. The third-order valence-electron chi connectivity index (χ3n) is 2.27. The second-order valence-electron chi connectivity index (χ2n) is 3.16. The van der Waals surface area contributed by atoms with E-state index in [0.29, 0.717) is 0 Å². The molecule has 0 atom stereocenters. The minimum Gasteiger partial charge on any atom is -0.364 e. The van der Waals surface area contributed by atoms with Crippen molar-refractivity contribution >= 4 is 5.69 Å². The van der Waals surface area contributed by atoms with E-state index in [1.54, 1.807) is 0 Å². The first-order valence-corrected chi connectivity index (χ1v) is 4.33. The molecule has 0 aliphatic carbocycles. The molecule has 2 rings (SSSR count). The Bertz CT molecular complexity index is 294. The van der Waals surface area contributed by atoms with Gasteiger partial charge in [0.1, 0.15) is 0 Å². The van der Waals surface area contributed by atoms with Gasteiger partial charge in [-0.1, -0.05) is 30.4 Å². The number of aryl methyl sites for hydroxylation is 1. The van der Waals surface area contributed by atoms with Gasteiger partial charge in [0.25, 0.3) is 0 Å². The molecule has 0 unspecified atom stereocenters. The van der Waals surface area contributed by atoms with Gasteiger partial charge >= 0.3 is 0 Å². The highest BCUT2D eigenvalue weighted by Crippen LogP contribution is 2.20. The monoisotopic (exact) mass is 159 g/mol. The molecule has 0 saturated carbocycles. The second-order valence-corrected chi connectivity index (χ2v) is 3.16. The van der Waals surface area contributed by atoms with Gasteiger partial charge in [-0.05, 0) is 18.6 Å². The highest BCUT2D eigenvalue weighted by molar-refractivity contribution is 5.54. The smallest absolute Gasteiger partial charge is 0.0401 e. The van der Waals surface area contributed by atoms with Crippen molar-refractivity contribution in [1.29, 1.82) is 0 Å². The molecule has 0 fully saturated rings. The number of anilines is 1. The summed E-state index contributed by atoms with van der Waals surface area (Å²) < 4.78 is 0. The van der Waals surface area contributed by atoms with Crippen LogP contribution in [0, 0.1) is 6.92 Å². The Balaban J connectivity index is 2.27. The average Bonchev–Trinajstić information content (AvgIpc) is 2.57. The van der Waals surface area contributed by atoms with Crippen LogP contribution in [0.3, 0.4) is 0 Å². The predicted molar refractivity (Wildman–Crippen MR) is 52.5 cm³/mol. The van der Waals surface area contributed by atoms with Crippen LogP contribution in [-0.4, -0.2) is 13.1 Å². The number of nitrogens with zero attached hydrogens (tertiary/aromatic N) is 1. The van der Waals surface area contributed by atoms with E-state index < -0.39 is 0 Å². The van der Waals surface area contributed by atoms with Crippen molar-refractivity contribution in [3.8, 4) is 0 Å². The molecule has 0 aromatic heterocycles. The van der Waals surface area contributed by atoms with Gasteiger partial charge in [0.2, 0.25) is 0 Å². The lowest BCUT2D eigenvalue weighted by molar-refractivity contribution is 0.998. The maximum atomic E-state index is 2.37. The Labute approximate surface area is 73.3 Å². The van der Waals surface area contributed by atoms with E-state index in [2.05, 4.69) is 48.2 Å². The molecule has 0 radical (unpaired) electrons. The van der Waals surface area contributed by atoms with E-state index >= 15 is 0 Å². The quantitative estimate of drug-likeness (QED) is 0.569. The molecule has 0 N–H and O–H groups in total. The maximum Gasteiger partial charge on any atom is 0.0401 e. The Kier molecular flexibility index (Phi) is 1.86. The fourth-order valence-corrected chi connectivity index (χ4v) is 1.59. The van der Waals surface area contributed by atoms with Gasteiger partial charge < -0.3 is 4.90 Å². The Morgan fingerprint density at radius 3 is 2.42 bits per heavy atom. The summed E-state index contributed by atoms with van der Waals surface area (Å²) in [6.45, 7) is 4.28. The molecular formula is C11H13N. The van der Waals surface area contributed by atoms with Crippen LogP contribution in [-0.2, 0) is 0 Å². The summed E-state index contributed by atoms with van der Waals surface area (Å²) in [6.07, 6.45) is 4.43. The number of rotatable bonds is 1. The number of benzene rings is 1. The number of hydrogen-bond acceptors (Lipinski definition) is 1. The first kappa shape index (κ1) is 7.41. The van der Waals surface area contributed by atoms with Crippen molar-refractivity contribution in [2.45, 2.75) is 6.92 Å². The Morgan fingerprint density at radius 2 is 1.75 bits per heavy atom. The van der Waals surface area contributed by atoms with Gasteiger partial charge in [0.05, 0.1) is 0 Å². The van der Waals surface area contributed by atoms with Gasteiger partial charge in [0.15, 0.2) is 0 Å². The molecule has 0 spiro atoms. The lowest BCUT2D eigenvalue weighted by Gasteiger charge is -2.19. The van der Waals surface area contributed by atoms with Crippen LogP contribution in [0.1, 0.15) is 5.56 Å². The summed E-state index contributed by atoms with van der Waals surface area (Å²) in [5.41, 5.74) is 2.73. The molecule has 0 bridgehead atoms. The zero-order chi connectivity index (χ0) is 8.39. The second kappa shape index (κ2) is 3.02. The summed E-state index contributed by atoms with van der Waals surface area (Å²) in [7, 11) is 0. The summed E-state index contributed by atoms with van der Waals surface area (Å²) in [4.78, 5) is 2.37. The third kappa shape index (κ3) is 1.22. The van der Waals surface area contributed by atoms with Gasteiger partial charge in [-0.15, -0.1) is 0 Å². The zero-order valence-electron chi connectivity index (χ0n) is 7.33. The Morgan fingerprint density at radius 1 is 1.08 bits per heavy atom. The number of hydrogen-bond donors (Lipinski definition) is 0. The van der Waals surface area contributed by atoms with Crippen LogP contribution >= 0.6 is 0 Å². The van der Waals surface area contributed by atoms with E-state index in [-0.39, 0.29) is 0 Å². The molecule has 1 heteroatoms. The molecule has 1 aromatic rings. The van der Waals surface area contributed by atoms with E-state index in [1.165, 1.54) is 11.3 Å². The van der Waals surface area contributed by atoms with Crippen molar-refractivity contribution in [2.75, 3.05) is 18.0 Å². The van der Waals surface area contributed by atoms with Crippen LogP contribution in [0.25, 0.3) is 0 Å². The normalized spacial score (nSPS) is 15.6. The Hall–Kier alpha value is -1.24. The van der Waals surface area contributed by atoms with Gasteiger partial charge in [-0.25, -0.2) is 0 Å². The van der Waals surface area contributed by atoms with Crippen molar-refractivity contribution in [3.63, 3.8) is 0 Å². The molecule has 1 nitrogen and oxygen atoms in total. The number of para-hydroxylation sites is 1. The zero-order valence-corrected chi connectivity index (χ0v) is 7.33. The van der Waals surface area contributed by atoms with E-state index in [0.717, 1.165) is 13.1 Å². The van der Waals surface area contributed by atoms with Gasteiger partial charge in [-0.3, -0.25) is 0 Å². The topological polar surface area (TPSA) is 3.24 Å². The molecule has 12 heavy (non-hydrogen) atoms. The summed E-state index contributed by atoms with van der Waals surface area (Å²) in [5.74, 6) is 0. The molecule has 62 valence electrons. The minimum absolute atomic E-state index is 1.06. The van der Waals surface area contributed by atoms with Crippen LogP contribution in [0.15, 0.2) is 36.4 Å². The lowest BCUT2D eigenvalue weighted by atomic mass is 10.2. The molecule has 1 aliphatic rings. The van der Waals surface area contributed by atoms with Crippen molar-refractivity contribution in [2.24, 2.45) is 0 Å². The molecule has 1 aliphatic heterocycles. The van der Waals surface area contributed by atoms with Crippen LogP contribution < -0.4 is 4.90 Å². The van der Waals surface area contributed by atoms with Crippen molar-refractivity contribution in [3.05, 3.63) is 42.0 Å². The first-order valence-electron chi connectivity index (χ1n) is 4.33. The highest BCUT2D eigenvalue weighted by atomic mass is 15.1. The maximum absolute atomic E-state index is 2.37. The van der Waals surface area contributed by atoms with E-state index in [1.807, 2.05) is 0 Å². The lowest BCUT2D eigenvalue weighted by Crippen LogP contribution is -2.19. The van der Waals surface area contributed by atoms with Gasteiger partial charge in [0, 0.05) is 18.8 Å². The van der Waals surface area contributed by atoms with Crippen molar-refractivity contribution in [1.82, 2.24) is 0 Å². The fraction of sp³-hybridized carbons (Fsp3) is 0.273. The van der Waals surface area contributed by atoms with E-state index in [9.17, 15) is 0 Å². The largest absolute Gasteiger partial charge is 0.364 e. The molecule has 0 saturated heterocycles. The third-order valence-corrected chi connectivity index (χ3v) is 2.27. The van der Waals surface area contributed by atoms with Crippen LogP contribution in [0.5, 0.6) is 0 Å². The molecule has 1 heterocycles. The van der Waals surface area contributed by atoms with Crippen LogP contribution in [0.4, 0.5) is 5.69 Å². The van der Waals surface area contributed by atoms with Crippen LogP contribution in [0.2, 0.25) is 0 Å².